The van der Waals surface area contributed by atoms with E-state index in [2.05, 4.69) is 25.2 Å². The molecule has 0 unspecified atom stereocenters. The Morgan fingerprint density at radius 2 is 1.71 bits per heavy atom. The van der Waals surface area contributed by atoms with Crippen LogP contribution < -0.4 is 16.6 Å². The standard InChI is InChI=1S/C25H34N6O4/c1-15-12-18-19(13-16(15)2)28-21-20(27-18)22(32)31(23(33)29-21)11-10-30-8-6-17(7-9-30)14-26-24(34)35-25(3,4)5/h12-13,17H,6-11,14H2,1-5H3,(H,26,34)(H,28,29,33). The Balaban J connectivity index is 1.38. The molecular weight excluding hydrogens is 448 g/mol. The molecule has 4 rings (SSSR count). The lowest BCUT2D eigenvalue weighted by Gasteiger charge is -2.32. The number of ether oxygens (including phenoxy) is 1. The number of nitrogens with zero attached hydrogens (tertiary/aromatic N) is 4. The maximum atomic E-state index is 13.1. The minimum atomic E-state index is -0.511. The Hall–Kier alpha value is -3.27. The molecule has 35 heavy (non-hydrogen) atoms. The molecule has 1 aromatic carbocycles. The Bertz CT molecular complexity index is 1360. The number of alkyl carbamates (subject to hydrolysis) is 1. The van der Waals surface area contributed by atoms with Crippen LogP contribution in [-0.2, 0) is 11.3 Å². The van der Waals surface area contributed by atoms with Crippen LogP contribution in [0.1, 0.15) is 44.7 Å². The quantitative estimate of drug-likeness (QED) is 0.536. The molecule has 1 aliphatic rings. The number of aromatic nitrogens is 4. The highest BCUT2D eigenvalue weighted by Gasteiger charge is 2.22. The van der Waals surface area contributed by atoms with Crippen molar-refractivity contribution in [1.82, 2.24) is 29.7 Å². The third-order valence-corrected chi connectivity index (χ3v) is 6.48. The van der Waals surface area contributed by atoms with Crippen molar-refractivity contribution in [3.8, 4) is 0 Å². The van der Waals surface area contributed by atoms with Crippen molar-refractivity contribution in [2.45, 2.75) is 59.6 Å². The van der Waals surface area contributed by atoms with E-state index in [0.717, 1.165) is 37.1 Å². The summed E-state index contributed by atoms with van der Waals surface area (Å²) in [7, 11) is 0. The van der Waals surface area contributed by atoms with Gasteiger partial charge in [0.1, 0.15) is 5.60 Å². The van der Waals surface area contributed by atoms with E-state index in [0.29, 0.717) is 30.0 Å². The van der Waals surface area contributed by atoms with Crippen LogP contribution in [0.15, 0.2) is 21.7 Å². The number of aryl methyl sites for hydroxylation is 2. The monoisotopic (exact) mass is 482 g/mol. The smallest absolute Gasteiger partial charge is 0.407 e. The summed E-state index contributed by atoms with van der Waals surface area (Å²) in [5.74, 6) is 0.376. The van der Waals surface area contributed by atoms with Crippen LogP contribution in [0.3, 0.4) is 0 Å². The van der Waals surface area contributed by atoms with Crippen LogP contribution in [-0.4, -0.2) is 62.3 Å². The van der Waals surface area contributed by atoms with Gasteiger partial charge in [-0.25, -0.2) is 19.6 Å². The Morgan fingerprint density at radius 3 is 2.34 bits per heavy atom. The molecule has 10 heteroatoms. The average Bonchev–Trinajstić information content (AvgIpc) is 2.77. The second-order valence-corrected chi connectivity index (χ2v) is 10.4. The molecule has 1 fully saturated rings. The van der Waals surface area contributed by atoms with Gasteiger partial charge in [0, 0.05) is 19.6 Å². The molecule has 0 spiro atoms. The molecule has 3 heterocycles. The zero-order valence-electron chi connectivity index (χ0n) is 21.1. The first-order valence-corrected chi connectivity index (χ1v) is 12.1. The van der Waals surface area contributed by atoms with Gasteiger partial charge in [-0.05, 0) is 89.7 Å². The molecule has 188 valence electrons. The van der Waals surface area contributed by atoms with Crippen LogP contribution in [0.4, 0.5) is 4.79 Å². The number of piperidine rings is 1. The van der Waals surface area contributed by atoms with Crippen molar-refractivity contribution in [1.29, 1.82) is 0 Å². The van der Waals surface area contributed by atoms with Crippen LogP contribution in [0.25, 0.3) is 22.2 Å². The summed E-state index contributed by atoms with van der Waals surface area (Å²) < 4.78 is 6.50. The largest absolute Gasteiger partial charge is 0.444 e. The molecule has 0 aliphatic carbocycles. The summed E-state index contributed by atoms with van der Waals surface area (Å²) in [6, 6.07) is 3.82. The second-order valence-electron chi connectivity index (χ2n) is 10.4. The lowest BCUT2D eigenvalue weighted by atomic mass is 9.97. The first-order chi connectivity index (χ1) is 16.5. The number of carbonyl (C=O) groups excluding carboxylic acids is 1. The van der Waals surface area contributed by atoms with Crippen LogP contribution in [0.2, 0.25) is 0 Å². The molecule has 1 saturated heterocycles. The van der Waals surface area contributed by atoms with Crippen molar-refractivity contribution < 1.29 is 9.53 Å². The third-order valence-electron chi connectivity index (χ3n) is 6.48. The number of aromatic amines is 1. The first-order valence-electron chi connectivity index (χ1n) is 12.1. The molecule has 0 radical (unpaired) electrons. The minimum absolute atomic E-state index is 0.173. The van der Waals surface area contributed by atoms with E-state index >= 15 is 0 Å². The van der Waals surface area contributed by atoms with Crippen LogP contribution in [0.5, 0.6) is 0 Å². The van der Waals surface area contributed by atoms with Crippen molar-refractivity contribution >= 4 is 28.3 Å². The van der Waals surface area contributed by atoms with E-state index < -0.39 is 22.9 Å². The van der Waals surface area contributed by atoms with Gasteiger partial charge >= 0.3 is 11.8 Å². The van der Waals surface area contributed by atoms with E-state index in [1.165, 1.54) is 4.57 Å². The highest BCUT2D eigenvalue weighted by Crippen LogP contribution is 2.18. The number of amides is 1. The summed E-state index contributed by atoms with van der Waals surface area (Å²) >= 11 is 0. The van der Waals surface area contributed by atoms with E-state index in [1.54, 1.807) is 0 Å². The molecule has 10 nitrogen and oxygen atoms in total. The number of H-pyrrole nitrogens is 1. The van der Waals surface area contributed by atoms with Crippen LogP contribution >= 0.6 is 0 Å². The summed E-state index contributed by atoms with van der Waals surface area (Å²) in [5.41, 5.74) is 2.41. The Kier molecular flexibility index (Phi) is 6.93. The van der Waals surface area contributed by atoms with Gasteiger partial charge in [-0.15, -0.1) is 0 Å². The number of hydrogen-bond donors (Lipinski definition) is 2. The SMILES string of the molecule is Cc1cc2nc3[nH]c(=O)n(CCN4CCC(CNC(=O)OC(C)(C)C)CC4)c(=O)c3nc2cc1C. The zero-order chi connectivity index (χ0) is 25.3. The normalized spacial score (nSPS) is 15.6. The predicted octanol–water partition coefficient (Wildman–Crippen LogP) is 2.49. The van der Waals surface area contributed by atoms with Gasteiger partial charge in [0.25, 0.3) is 5.56 Å². The number of rotatable bonds is 5. The summed E-state index contributed by atoms with van der Waals surface area (Å²) in [5, 5.41) is 2.85. The number of hydrogen-bond acceptors (Lipinski definition) is 7. The lowest BCUT2D eigenvalue weighted by Crippen LogP contribution is -2.43. The van der Waals surface area contributed by atoms with E-state index in [1.807, 2.05) is 46.8 Å². The maximum absolute atomic E-state index is 13.1. The average molecular weight is 483 g/mol. The Morgan fingerprint density at radius 1 is 1.09 bits per heavy atom. The number of likely N-dealkylation sites (tertiary alicyclic amines) is 1. The molecule has 2 aromatic heterocycles. The second kappa shape index (κ2) is 9.77. The zero-order valence-corrected chi connectivity index (χ0v) is 21.1. The van der Waals surface area contributed by atoms with Crippen LogP contribution in [0, 0.1) is 19.8 Å². The van der Waals surface area contributed by atoms with Gasteiger partial charge in [-0.2, -0.15) is 0 Å². The lowest BCUT2D eigenvalue weighted by molar-refractivity contribution is 0.0509. The van der Waals surface area contributed by atoms with E-state index in [4.69, 9.17) is 4.74 Å². The third kappa shape index (κ3) is 5.87. The molecule has 1 aliphatic heterocycles. The molecule has 0 bridgehead atoms. The molecule has 1 amide bonds. The Labute approximate surface area is 203 Å². The van der Waals surface area contributed by atoms with Gasteiger partial charge in [0.15, 0.2) is 11.2 Å². The molecule has 0 saturated carbocycles. The van der Waals surface area contributed by atoms with Crippen molar-refractivity contribution in [2.24, 2.45) is 5.92 Å². The predicted molar refractivity (Wildman–Crippen MR) is 135 cm³/mol. The van der Waals surface area contributed by atoms with Gasteiger partial charge in [0.2, 0.25) is 0 Å². The topological polar surface area (TPSA) is 122 Å². The number of carbonyl (C=O) groups is 1. The van der Waals surface area contributed by atoms with Crippen molar-refractivity contribution in [2.75, 3.05) is 26.2 Å². The van der Waals surface area contributed by atoms with Gasteiger partial charge in [0.05, 0.1) is 11.0 Å². The molecule has 0 atom stereocenters. The minimum Gasteiger partial charge on any atom is -0.444 e. The van der Waals surface area contributed by atoms with E-state index in [9.17, 15) is 14.4 Å². The molecule has 3 aromatic rings. The summed E-state index contributed by atoms with van der Waals surface area (Å²) in [4.78, 5) is 51.6. The molecular formula is C25H34N6O4. The van der Waals surface area contributed by atoms with Crippen molar-refractivity contribution in [3.05, 3.63) is 44.1 Å². The molecule has 2 N–H and O–H groups in total. The van der Waals surface area contributed by atoms with Gasteiger partial charge in [-0.3, -0.25) is 14.3 Å². The van der Waals surface area contributed by atoms with E-state index in [-0.39, 0.29) is 17.7 Å². The highest BCUT2D eigenvalue weighted by atomic mass is 16.6. The highest BCUT2D eigenvalue weighted by molar-refractivity contribution is 5.84. The number of nitrogens with one attached hydrogen (secondary N) is 2. The number of benzene rings is 1. The fourth-order valence-electron chi connectivity index (χ4n) is 4.34. The summed E-state index contributed by atoms with van der Waals surface area (Å²) in [6.45, 7) is 12.6. The van der Waals surface area contributed by atoms with Gasteiger partial charge in [-0.1, -0.05) is 0 Å². The van der Waals surface area contributed by atoms with Gasteiger partial charge < -0.3 is 15.0 Å². The van der Waals surface area contributed by atoms with Crippen molar-refractivity contribution in [3.63, 3.8) is 0 Å². The number of fused-ring (bicyclic) bond motifs is 2. The first kappa shape index (κ1) is 24.8. The fraction of sp³-hybridized carbons (Fsp3) is 0.560. The maximum Gasteiger partial charge on any atom is 0.407 e. The summed E-state index contributed by atoms with van der Waals surface area (Å²) in [6.07, 6.45) is 1.46. The fourth-order valence-corrected chi connectivity index (χ4v) is 4.34.